The van der Waals surface area contributed by atoms with Crippen LogP contribution < -0.4 is 0 Å². The fourth-order valence-corrected chi connectivity index (χ4v) is 2.07. The van der Waals surface area contributed by atoms with E-state index in [-0.39, 0.29) is 5.78 Å². The molecule has 0 atom stereocenters. The molecule has 3 heterocycles. The normalized spacial score (nSPS) is 15.9. The summed E-state index contributed by atoms with van der Waals surface area (Å²) >= 11 is 0. The second kappa shape index (κ2) is 2.67. The van der Waals surface area contributed by atoms with Crippen LogP contribution in [0.15, 0.2) is 24.4 Å². The van der Waals surface area contributed by atoms with Gasteiger partial charge in [-0.25, -0.2) is 4.98 Å². The Hall–Kier alpha value is -1.64. The first-order chi connectivity index (χ1) is 6.86. The molecule has 70 valence electrons. The van der Waals surface area contributed by atoms with Gasteiger partial charge >= 0.3 is 0 Å². The minimum atomic E-state index is 0.245. The first-order valence-corrected chi connectivity index (χ1v) is 4.84. The fraction of sp³-hybridized carbons (Fsp3) is 0.273. The molecule has 0 bridgehead atoms. The minimum Gasteiger partial charge on any atom is -0.323 e. The molecule has 0 radical (unpaired) electrons. The molecular weight excluding hydrogens is 176 g/mol. The summed E-state index contributed by atoms with van der Waals surface area (Å²) in [7, 11) is 0. The second-order valence-electron chi connectivity index (χ2n) is 3.62. The van der Waals surface area contributed by atoms with Crippen molar-refractivity contribution in [1.82, 2.24) is 9.55 Å². The number of hydrogen-bond donors (Lipinski definition) is 0. The van der Waals surface area contributed by atoms with Gasteiger partial charge in [0.05, 0.1) is 5.69 Å². The summed E-state index contributed by atoms with van der Waals surface area (Å²) in [6, 6.07) is 5.85. The van der Waals surface area contributed by atoms with E-state index >= 15 is 0 Å². The summed E-state index contributed by atoms with van der Waals surface area (Å²) in [5, 5.41) is 1.07. The van der Waals surface area contributed by atoms with Crippen molar-refractivity contribution in [2.75, 3.05) is 0 Å². The molecule has 0 unspecified atom stereocenters. The van der Waals surface area contributed by atoms with Gasteiger partial charge in [-0.1, -0.05) is 0 Å². The van der Waals surface area contributed by atoms with Gasteiger partial charge in [-0.2, -0.15) is 0 Å². The van der Waals surface area contributed by atoms with Crippen LogP contribution in [-0.2, 0) is 6.54 Å². The van der Waals surface area contributed by atoms with E-state index in [9.17, 15) is 4.79 Å². The standard InChI is InChI=1S/C11H10N2O/c14-10-4-2-6-13-9(10)7-8-3-1-5-12-11(8)13/h1,3,5,7H,2,4,6H2. The summed E-state index contributed by atoms with van der Waals surface area (Å²) in [6.45, 7) is 0.918. The zero-order valence-corrected chi connectivity index (χ0v) is 7.73. The monoisotopic (exact) mass is 186 g/mol. The van der Waals surface area contributed by atoms with Crippen molar-refractivity contribution in [2.45, 2.75) is 19.4 Å². The number of nitrogens with zero attached hydrogens (tertiary/aromatic N) is 2. The maximum atomic E-state index is 11.6. The highest BCUT2D eigenvalue weighted by molar-refractivity contribution is 5.99. The van der Waals surface area contributed by atoms with Crippen LogP contribution in [0.4, 0.5) is 0 Å². The van der Waals surface area contributed by atoms with Crippen molar-refractivity contribution in [1.29, 1.82) is 0 Å². The van der Waals surface area contributed by atoms with Gasteiger partial charge in [-0.05, 0) is 24.6 Å². The van der Waals surface area contributed by atoms with Crippen LogP contribution in [0.3, 0.4) is 0 Å². The van der Waals surface area contributed by atoms with Crippen molar-refractivity contribution in [2.24, 2.45) is 0 Å². The molecular formula is C11H10N2O. The van der Waals surface area contributed by atoms with E-state index in [0.717, 1.165) is 29.7 Å². The van der Waals surface area contributed by atoms with Gasteiger partial charge in [0.15, 0.2) is 5.78 Å². The molecule has 3 nitrogen and oxygen atoms in total. The number of rotatable bonds is 0. The fourth-order valence-electron chi connectivity index (χ4n) is 2.07. The van der Waals surface area contributed by atoms with Crippen LogP contribution in [0.2, 0.25) is 0 Å². The lowest BCUT2D eigenvalue weighted by atomic mass is 10.1. The molecule has 3 heteroatoms. The van der Waals surface area contributed by atoms with Gasteiger partial charge in [0.2, 0.25) is 0 Å². The Morgan fingerprint density at radius 1 is 1.43 bits per heavy atom. The lowest BCUT2D eigenvalue weighted by Crippen LogP contribution is -2.16. The van der Waals surface area contributed by atoms with Crippen molar-refractivity contribution < 1.29 is 4.79 Å². The molecule has 0 saturated heterocycles. The van der Waals surface area contributed by atoms with E-state index in [4.69, 9.17) is 0 Å². The number of pyridine rings is 1. The van der Waals surface area contributed by atoms with E-state index in [1.807, 2.05) is 22.8 Å². The Kier molecular flexibility index (Phi) is 1.48. The number of carbonyl (C=O) groups excluding carboxylic acids is 1. The van der Waals surface area contributed by atoms with Gasteiger partial charge in [-0.3, -0.25) is 4.79 Å². The van der Waals surface area contributed by atoms with E-state index in [1.54, 1.807) is 6.20 Å². The van der Waals surface area contributed by atoms with Gasteiger partial charge < -0.3 is 4.57 Å². The summed E-state index contributed by atoms with van der Waals surface area (Å²) < 4.78 is 2.03. The lowest BCUT2D eigenvalue weighted by molar-refractivity contribution is 0.0956. The zero-order valence-electron chi connectivity index (χ0n) is 7.73. The highest BCUT2D eigenvalue weighted by Crippen LogP contribution is 2.23. The van der Waals surface area contributed by atoms with Crippen LogP contribution in [0.1, 0.15) is 23.3 Å². The molecule has 14 heavy (non-hydrogen) atoms. The molecule has 2 aromatic heterocycles. The Labute approximate surface area is 81.4 Å². The van der Waals surface area contributed by atoms with E-state index in [2.05, 4.69) is 4.98 Å². The van der Waals surface area contributed by atoms with Crippen molar-refractivity contribution >= 4 is 16.8 Å². The summed E-state index contributed by atoms with van der Waals surface area (Å²) in [4.78, 5) is 15.9. The quantitative estimate of drug-likeness (QED) is 0.630. The van der Waals surface area contributed by atoms with Gasteiger partial charge in [0.1, 0.15) is 5.65 Å². The molecule has 1 aliphatic heterocycles. The summed E-state index contributed by atoms with van der Waals surface area (Å²) in [6.07, 6.45) is 3.39. The maximum absolute atomic E-state index is 11.6. The molecule has 1 aliphatic rings. The minimum absolute atomic E-state index is 0.245. The molecule has 3 rings (SSSR count). The highest BCUT2D eigenvalue weighted by Gasteiger charge is 2.19. The number of fused-ring (bicyclic) bond motifs is 3. The predicted molar refractivity (Wildman–Crippen MR) is 53.3 cm³/mol. The van der Waals surface area contributed by atoms with Crippen LogP contribution in [0.5, 0.6) is 0 Å². The number of ketones is 1. The number of aryl methyl sites for hydroxylation is 1. The lowest BCUT2D eigenvalue weighted by Gasteiger charge is -2.13. The molecule has 0 saturated carbocycles. The molecule has 0 aromatic carbocycles. The second-order valence-corrected chi connectivity index (χ2v) is 3.62. The summed E-state index contributed by atoms with van der Waals surface area (Å²) in [5.74, 6) is 0.245. The maximum Gasteiger partial charge on any atom is 0.179 e. The highest BCUT2D eigenvalue weighted by atomic mass is 16.1. The van der Waals surface area contributed by atoms with Crippen LogP contribution in [0.25, 0.3) is 11.0 Å². The third-order valence-electron chi connectivity index (χ3n) is 2.73. The Morgan fingerprint density at radius 3 is 3.29 bits per heavy atom. The first kappa shape index (κ1) is 7.74. The topological polar surface area (TPSA) is 34.9 Å². The Bertz CT molecular complexity index is 513. The van der Waals surface area contributed by atoms with Crippen LogP contribution in [0, 0.1) is 0 Å². The Balaban J connectivity index is 2.38. The SMILES string of the molecule is O=C1CCCn2c1cc1cccnc12. The number of aromatic nitrogens is 2. The smallest absolute Gasteiger partial charge is 0.179 e. The average Bonchev–Trinajstić information content (AvgIpc) is 2.59. The molecule has 0 N–H and O–H groups in total. The zero-order chi connectivity index (χ0) is 9.54. The van der Waals surface area contributed by atoms with Crippen LogP contribution >= 0.6 is 0 Å². The van der Waals surface area contributed by atoms with Crippen LogP contribution in [-0.4, -0.2) is 15.3 Å². The number of hydrogen-bond acceptors (Lipinski definition) is 2. The first-order valence-electron chi connectivity index (χ1n) is 4.84. The van der Waals surface area contributed by atoms with Gasteiger partial charge in [0, 0.05) is 24.5 Å². The number of Topliss-reactive ketones (excluding diaryl/α,β-unsaturated/α-hetero) is 1. The molecule has 0 spiro atoms. The van der Waals surface area contributed by atoms with E-state index in [0.29, 0.717) is 6.42 Å². The Morgan fingerprint density at radius 2 is 2.36 bits per heavy atom. The third kappa shape index (κ3) is 0.923. The van der Waals surface area contributed by atoms with Gasteiger partial charge in [0.25, 0.3) is 0 Å². The largest absolute Gasteiger partial charge is 0.323 e. The summed E-state index contributed by atoms with van der Waals surface area (Å²) in [5.41, 5.74) is 1.76. The molecule has 0 amide bonds. The molecule has 0 fully saturated rings. The van der Waals surface area contributed by atoms with Gasteiger partial charge in [-0.15, -0.1) is 0 Å². The molecule has 2 aromatic rings. The third-order valence-corrected chi connectivity index (χ3v) is 2.73. The average molecular weight is 186 g/mol. The van der Waals surface area contributed by atoms with E-state index in [1.165, 1.54) is 0 Å². The predicted octanol–water partition coefficient (Wildman–Crippen LogP) is 2.01. The number of carbonyl (C=O) groups is 1. The van der Waals surface area contributed by atoms with Crippen molar-refractivity contribution in [3.63, 3.8) is 0 Å². The van der Waals surface area contributed by atoms with Crippen molar-refractivity contribution in [3.8, 4) is 0 Å². The molecule has 0 aliphatic carbocycles. The van der Waals surface area contributed by atoms with E-state index < -0.39 is 0 Å². The van der Waals surface area contributed by atoms with Crippen molar-refractivity contribution in [3.05, 3.63) is 30.1 Å².